The molecule has 1 atom stereocenters. The lowest BCUT2D eigenvalue weighted by Crippen LogP contribution is -2.38. The van der Waals surface area contributed by atoms with Crippen molar-refractivity contribution in [1.82, 2.24) is 9.46 Å². The van der Waals surface area contributed by atoms with Crippen LogP contribution in [0.1, 0.15) is 38.1 Å². The Kier molecular flexibility index (Phi) is 3.51. The van der Waals surface area contributed by atoms with Gasteiger partial charge < -0.3 is 4.52 Å². The Bertz CT molecular complexity index is 514. The smallest absolute Gasteiger partial charge is 0.248 e. The molecule has 1 aromatic heterocycles. The van der Waals surface area contributed by atoms with Crippen molar-refractivity contribution in [1.29, 1.82) is 0 Å². The first-order chi connectivity index (χ1) is 8.35. The van der Waals surface area contributed by atoms with Crippen LogP contribution in [-0.4, -0.2) is 30.5 Å². The molecule has 1 aliphatic heterocycles. The van der Waals surface area contributed by atoms with Crippen LogP contribution in [0.2, 0.25) is 0 Å². The summed E-state index contributed by atoms with van der Waals surface area (Å²) in [7, 11) is -3.47. The van der Waals surface area contributed by atoms with Gasteiger partial charge in [-0.15, -0.1) is 0 Å². The van der Waals surface area contributed by atoms with Gasteiger partial charge in [0.15, 0.2) is 5.76 Å². The van der Waals surface area contributed by atoms with E-state index >= 15 is 0 Å². The number of aryl methyl sites for hydroxylation is 2. The van der Waals surface area contributed by atoms with Crippen LogP contribution in [0.25, 0.3) is 0 Å². The third-order valence-electron chi connectivity index (χ3n) is 3.55. The molecule has 0 N–H and O–H groups in total. The van der Waals surface area contributed by atoms with Crippen LogP contribution < -0.4 is 0 Å². The van der Waals surface area contributed by atoms with Crippen molar-refractivity contribution in [3.8, 4) is 0 Å². The highest BCUT2D eigenvalue weighted by atomic mass is 32.2. The lowest BCUT2D eigenvalue weighted by molar-refractivity contribution is 0.315. The van der Waals surface area contributed by atoms with E-state index in [-0.39, 0.29) is 10.9 Å². The quantitative estimate of drug-likeness (QED) is 0.845. The van der Waals surface area contributed by atoms with Gasteiger partial charge in [0, 0.05) is 12.6 Å². The summed E-state index contributed by atoms with van der Waals surface area (Å²) in [5.41, 5.74) is 0.446. The van der Waals surface area contributed by atoms with Crippen molar-refractivity contribution in [3.63, 3.8) is 0 Å². The Hall–Kier alpha value is -0.880. The van der Waals surface area contributed by atoms with E-state index in [2.05, 4.69) is 19.0 Å². The van der Waals surface area contributed by atoms with E-state index < -0.39 is 10.0 Å². The number of hydrogen-bond donors (Lipinski definition) is 0. The predicted octanol–water partition coefficient (Wildman–Crippen LogP) is 2.10. The Morgan fingerprint density at radius 3 is 2.56 bits per heavy atom. The fourth-order valence-corrected chi connectivity index (χ4v) is 4.81. The molecule has 2 rings (SSSR count). The molecule has 0 radical (unpaired) electrons. The minimum atomic E-state index is -3.47. The van der Waals surface area contributed by atoms with E-state index in [1.165, 1.54) is 0 Å². The zero-order valence-electron chi connectivity index (χ0n) is 11.3. The molecule has 0 unspecified atom stereocenters. The molecular formula is C12H20N2O3S. The molecular weight excluding hydrogens is 252 g/mol. The maximum atomic E-state index is 12.7. The van der Waals surface area contributed by atoms with Crippen molar-refractivity contribution in [2.45, 2.75) is 51.5 Å². The van der Waals surface area contributed by atoms with E-state index in [1.54, 1.807) is 18.2 Å². The molecule has 102 valence electrons. The summed E-state index contributed by atoms with van der Waals surface area (Å²) in [6.07, 6.45) is 1.85. The minimum absolute atomic E-state index is 0.0868. The molecule has 1 saturated heterocycles. The van der Waals surface area contributed by atoms with Gasteiger partial charge in [-0.1, -0.05) is 19.0 Å². The first-order valence-electron chi connectivity index (χ1n) is 6.30. The molecule has 18 heavy (non-hydrogen) atoms. The zero-order valence-corrected chi connectivity index (χ0v) is 12.1. The van der Waals surface area contributed by atoms with Gasteiger partial charge in [-0.25, -0.2) is 8.42 Å². The minimum Gasteiger partial charge on any atom is -0.360 e. The summed E-state index contributed by atoms with van der Waals surface area (Å²) >= 11 is 0. The lowest BCUT2D eigenvalue weighted by atomic mass is 10.0. The SMILES string of the molecule is Cc1noc(C)c1S(=O)(=O)N1CCC[C@H]1C(C)C. The van der Waals surface area contributed by atoms with Crippen LogP contribution in [0.5, 0.6) is 0 Å². The second kappa shape index (κ2) is 4.66. The Morgan fingerprint density at radius 1 is 1.39 bits per heavy atom. The number of rotatable bonds is 3. The summed E-state index contributed by atoms with van der Waals surface area (Å²) in [6, 6.07) is 0.0868. The van der Waals surface area contributed by atoms with Crippen molar-refractivity contribution in [2.75, 3.05) is 6.54 Å². The highest BCUT2D eigenvalue weighted by Crippen LogP contribution is 2.32. The summed E-state index contributed by atoms with van der Waals surface area (Å²) in [4.78, 5) is 0.245. The Balaban J connectivity index is 2.43. The molecule has 0 aliphatic carbocycles. The van der Waals surface area contributed by atoms with Crippen LogP contribution >= 0.6 is 0 Å². The average Bonchev–Trinajstić information content (AvgIpc) is 2.85. The second-order valence-electron chi connectivity index (χ2n) is 5.22. The van der Waals surface area contributed by atoms with E-state index in [1.807, 2.05) is 0 Å². The van der Waals surface area contributed by atoms with Crippen LogP contribution in [0, 0.1) is 19.8 Å². The maximum absolute atomic E-state index is 12.7. The van der Waals surface area contributed by atoms with Gasteiger partial charge in [0.05, 0.1) is 0 Å². The third kappa shape index (κ3) is 2.07. The van der Waals surface area contributed by atoms with E-state index in [0.29, 0.717) is 23.9 Å². The molecule has 0 aromatic carbocycles. The first-order valence-corrected chi connectivity index (χ1v) is 7.74. The molecule has 1 aromatic rings. The van der Waals surface area contributed by atoms with Gasteiger partial charge in [-0.3, -0.25) is 0 Å². The molecule has 2 heterocycles. The van der Waals surface area contributed by atoms with Gasteiger partial charge >= 0.3 is 0 Å². The summed E-state index contributed by atoms with van der Waals surface area (Å²) in [5.74, 6) is 0.699. The average molecular weight is 272 g/mol. The Morgan fingerprint density at radius 2 is 2.06 bits per heavy atom. The van der Waals surface area contributed by atoms with Crippen LogP contribution in [0.3, 0.4) is 0 Å². The monoisotopic (exact) mass is 272 g/mol. The molecule has 0 amide bonds. The fourth-order valence-electron chi connectivity index (χ4n) is 2.69. The van der Waals surface area contributed by atoms with Crippen molar-refractivity contribution < 1.29 is 12.9 Å². The summed E-state index contributed by atoms with van der Waals surface area (Å²) in [5, 5.41) is 3.74. The standard InChI is InChI=1S/C12H20N2O3S/c1-8(2)11-6-5-7-14(11)18(15,16)12-9(3)13-17-10(12)4/h8,11H,5-7H2,1-4H3/t11-/m0/s1. The zero-order chi connectivity index (χ0) is 13.5. The van der Waals surface area contributed by atoms with Crippen LogP contribution in [0.15, 0.2) is 9.42 Å². The lowest BCUT2D eigenvalue weighted by Gasteiger charge is -2.26. The van der Waals surface area contributed by atoms with Gasteiger partial charge in [-0.2, -0.15) is 4.31 Å². The second-order valence-corrected chi connectivity index (χ2v) is 7.05. The number of nitrogens with zero attached hydrogens (tertiary/aromatic N) is 2. The molecule has 0 spiro atoms. The van der Waals surface area contributed by atoms with Crippen LogP contribution in [-0.2, 0) is 10.0 Å². The van der Waals surface area contributed by atoms with E-state index in [4.69, 9.17) is 4.52 Å². The van der Waals surface area contributed by atoms with Gasteiger partial charge in [0.1, 0.15) is 10.6 Å². The van der Waals surface area contributed by atoms with Crippen molar-refractivity contribution in [3.05, 3.63) is 11.5 Å². The van der Waals surface area contributed by atoms with E-state index in [9.17, 15) is 8.42 Å². The van der Waals surface area contributed by atoms with Crippen molar-refractivity contribution >= 4 is 10.0 Å². The summed E-state index contributed by atoms with van der Waals surface area (Å²) in [6.45, 7) is 8.03. The molecule has 1 fully saturated rings. The molecule has 0 saturated carbocycles. The van der Waals surface area contributed by atoms with Gasteiger partial charge in [0.2, 0.25) is 10.0 Å². The predicted molar refractivity (Wildman–Crippen MR) is 67.7 cm³/mol. The van der Waals surface area contributed by atoms with Crippen molar-refractivity contribution in [2.24, 2.45) is 5.92 Å². The number of hydrogen-bond acceptors (Lipinski definition) is 4. The Labute approximate surface area is 108 Å². The van der Waals surface area contributed by atoms with Gasteiger partial charge in [0.25, 0.3) is 0 Å². The first kappa shape index (κ1) is 13.5. The molecule has 5 nitrogen and oxygen atoms in total. The maximum Gasteiger partial charge on any atom is 0.248 e. The summed E-state index contributed by atoms with van der Waals surface area (Å²) < 4.78 is 32.0. The highest BCUT2D eigenvalue weighted by molar-refractivity contribution is 7.89. The van der Waals surface area contributed by atoms with E-state index in [0.717, 1.165) is 12.8 Å². The molecule has 6 heteroatoms. The topological polar surface area (TPSA) is 63.4 Å². The van der Waals surface area contributed by atoms with Crippen LogP contribution in [0.4, 0.5) is 0 Å². The highest BCUT2D eigenvalue weighted by Gasteiger charge is 2.39. The molecule has 1 aliphatic rings. The normalized spacial score (nSPS) is 21.9. The third-order valence-corrected chi connectivity index (χ3v) is 5.72. The van der Waals surface area contributed by atoms with Gasteiger partial charge in [-0.05, 0) is 32.6 Å². The number of sulfonamides is 1. The largest absolute Gasteiger partial charge is 0.360 e. The molecule has 0 bridgehead atoms. The fraction of sp³-hybridized carbons (Fsp3) is 0.750. The number of aromatic nitrogens is 1.